The molecule has 2 heteroatoms. The number of anilines is 3. The predicted octanol–water partition coefficient (Wildman–Crippen LogP) is 15.5. The van der Waals surface area contributed by atoms with E-state index in [0.717, 1.165) is 55.7 Å². The van der Waals surface area contributed by atoms with Crippen molar-refractivity contribution in [1.82, 2.24) is 0 Å². The molecule has 1 heterocycles. The van der Waals surface area contributed by atoms with Gasteiger partial charge in [-0.3, -0.25) is 0 Å². The van der Waals surface area contributed by atoms with Crippen molar-refractivity contribution in [2.24, 2.45) is 0 Å². The van der Waals surface area contributed by atoms with Gasteiger partial charge in [0.15, 0.2) is 0 Å². The molecule has 11 aromatic rings. The first-order valence-corrected chi connectivity index (χ1v) is 19.2. The van der Waals surface area contributed by atoms with Crippen molar-refractivity contribution < 1.29 is 4.42 Å². The molecular weight excluding hydrogens is 679 g/mol. The molecular formula is C54H35NO. The second-order valence-electron chi connectivity index (χ2n) is 14.5. The van der Waals surface area contributed by atoms with Crippen LogP contribution in [0, 0.1) is 0 Å². The van der Waals surface area contributed by atoms with Gasteiger partial charge in [-0.05, 0) is 97.0 Å². The summed E-state index contributed by atoms with van der Waals surface area (Å²) in [5, 5.41) is 9.41. The maximum absolute atomic E-state index is 6.57. The molecule has 262 valence electrons. The second-order valence-corrected chi connectivity index (χ2v) is 14.5. The van der Waals surface area contributed by atoms with Crippen molar-refractivity contribution in [1.29, 1.82) is 0 Å². The van der Waals surface area contributed by atoms with Crippen molar-refractivity contribution in [2.45, 2.75) is 0 Å². The van der Waals surface area contributed by atoms with Gasteiger partial charge in [0.25, 0.3) is 0 Å². The molecule has 0 aliphatic heterocycles. The number of hydrogen-bond acceptors (Lipinski definition) is 2. The van der Waals surface area contributed by atoms with Crippen LogP contribution in [0.3, 0.4) is 0 Å². The summed E-state index contributed by atoms with van der Waals surface area (Å²) in [4.78, 5) is 2.49. The van der Waals surface area contributed by atoms with Gasteiger partial charge in [-0.25, -0.2) is 0 Å². The molecule has 0 aliphatic rings. The Morgan fingerprint density at radius 1 is 0.304 bits per heavy atom. The Labute approximate surface area is 325 Å². The van der Waals surface area contributed by atoms with Gasteiger partial charge in [0.2, 0.25) is 0 Å². The van der Waals surface area contributed by atoms with Gasteiger partial charge >= 0.3 is 0 Å². The highest BCUT2D eigenvalue weighted by Crippen LogP contribution is 2.51. The van der Waals surface area contributed by atoms with Crippen molar-refractivity contribution in [3.63, 3.8) is 0 Å². The number of fused-ring (bicyclic) bond motifs is 6. The van der Waals surface area contributed by atoms with Gasteiger partial charge < -0.3 is 9.32 Å². The van der Waals surface area contributed by atoms with E-state index >= 15 is 0 Å². The molecule has 0 amide bonds. The van der Waals surface area contributed by atoms with Crippen LogP contribution in [0.15, 0.2) is 217 Å². The van der Waals surface area contributed by atoms with Gasteiger partial charge in [0.1, 0.15) is 11.2 Å². The zero-order valence-electron chi connectivity index (χ0n) is 30.6. The topological polar surface area (TPSA) is 16.4 Å². The number of furan rings is 1. The third kappa shape index (κ3) is 5.26. The lowest BCUT2D eigenvalue weighted by molar-refractivity contribution is 0.669. The monoisotopic (exact) mass is 713 g/mol. The lowest BCUT2D eigenvalue weighted by atomic mass is 9.91. The molecule has 0 unspecified atom stereocenters. The van der Waals surface area contributed by atoms with Crippen LogP contribution >= 0.6 is 0 Å². The van der Waals surface area contributed by atoms with Gasteiger partial charge in [-0.15, -0.1) is 0 Å². The van der Waals surface area contributed by atoms with Crippen LogP contribution in [0.4, 0.5) is 17.1 Å². The second kappa shape index (κ2) is 13.2. The summed E-state index contributed by atoms with van der Waals surface area (Å²) in [5.41, 5.74) is 12.0. The summed E-state index contributed by atoms with van der Waals surface area (Å²) in [5.74, 6) is 0. The number of rotatable bonds is 6. The van der Waals surface area contributed by atoms with Gasteiger partial charge in [-0.1, -0.05) is 170 Å². The summed E-state index contributed by atoms with van der Waals surface area (Å²) < 4.78 is 6.57. The average Bonchev–Trinajstić information content (AvgIpc) is 3.66. The summed E-state index contributed by atoms with van der Waals surface area (Å²) >= 11 is 0. The van der Waals surface area contributed by atoms with E-state index in [1.807, 2.05) is 6.07 Å². The van der Waals surface area contributed by atoms with Crippen molar-refractivity contribution in [2.75, 3.05) is 4.90 Å². The SMILES string of the molecule is c1ccc(-c2ccc(N(c3ccc4ccccc4c3-c3ccc4ccccc4c3)c3cccc4oc5ccccc5c34)c(-c3cccc4ccccc34)c2)cc1. The van der Waals surface area contributed by atoms with Crippen LogP contribution in [0.2, 0.25) is 0 Å². The summed E-state index contributed by atoms with van der Waals surface area (Å²) in [6.07, 6.45) is 0. The molecule has 0 saturated heterocycles. The first-order chi connectivity index (χ1) is 27.8. The minimum atomic E-state index is 0.856. The van der Waals surface area contributed by atoms with Gasteiger partial charge in [0, 0.05) is 16.5 Å². The Bertz CT molecular complexity index is 3260. The quantitative estimate of drug-likeness (QED) is 0.171. The first kappa shape index (κ1) is 32.0. The minimum absolute atomic E-state index is 0.856. The van der Waals surface area contributed by atoms with Crippen LogP contribution in [0.5, 0.6) is 0 Å². The van der Waals surface area contributed by atoms with E-state index in [0.29, 0.717) is 0 Å². The maximum Gasteiger partial charge on any atom is 0.137 e. The third-order valence-electron chi connectivity index (χ3n) is 11.2. The van der Waals surface area contributed by atoms with Crippen molar-refractivity contribution in [3.05, 3.63) is 212 Å². The molecule has 0 atom stereocenters. The minimum Gasteiger partial charge on any atom is -0.456 e. The average molecular weight is 714 g/mol. The third-order valence-corrected chi connectivity index (χ3v) is 11.2. The van der Waals surface area contributed by atoms with E-state index in [1.165, 1.54) is 49.0 Å². The van der Waals surface area contributed by atoms with Crippen molar-refractivity contribution >= 4 is 71.3 Å². The molecule has 0 N–H and O–H groups in total. The lowest BCUT2D eigenvalue weighted by Crippen LogP contribution is -2.13. The molecule has 0 radical (unpaired) electrons. The fourth-order valence-corrected chi connectivity index (χ4v) is 8.64. The van der Waals surface area contributed by atoms with E-state index < -0.39 is 0 Å². The highest BCUT2D eigenvalue weighted by Gasteiger charge is 2.26. The van der Waals surface area contributed by atoms with Gasteiger partial charge in [0.05, 0.1) is 22.4 Å². The fraction of sp³-hybridized carbons (Fsp3) is 0. The molecule has 56 heavy (non-hydrogen) atoms. The van der Waals surface area contributed by atoms with Crippen LogP contribution in [0.25, 0.3) is 87.6 Å². The number of nitrogens with zero attached hydrogens (tertiary/aromatic N) is 1. The van der Waals surface area contributed by atoms with E-state index in [1.54, 1.807) is 0 Å². The molecule has 0 spiro atoms. The normalized spacial score (nSPS) is 11.6. The zero-order chi connectivity index (χ0) is 37.0. The Balaban J connectivity index is 1.29. The smallest absolute Gasteiger partial charge is 0.137 e. The molecule has 0 fully saturated rings. The Morgan fingerprint density at radius 2 is 0.911 bits per heavy atom. The molecule has 11 rings (SSSR count). The number of para-hydroxylation sites is 1. The Hall–Kier alpha value is -7.42. The molecule has 0 saturated carbocycles. The van der Waals surface area contributed by atoms with E-state index in [2.05, 4.69) is 211 Å². The molecule has 2 nitrogen and oxygen atoms in total. The molecule has 0 aliphatic carbocycles. The summed E-state index contributed by atoms with van der Waals surface area (Å²) in [6, 6.07) is 76.7. The van der Waals surface area contributed by atoms with Crippen molar-refractivity contribution in [3.8, 4) is 33.4 Å². The van der Waals surface area contributed by atoms with E-state index in [9.17, 15) is 0 Å². The lowest BCUT2D eigenvalue weighted by Gasteiger charge is -2.31. The Kier molecular flexibility index (Phi) is 7.53. The van der Waals surface area contributed by atoms with Crippen LogP contribution in [-0.4, -0.2) is 0 Å². The summed E-state index contributed by atoms with van der Waals surface area (Å²) in [7, 11) is 0. The maximum atomic E-state index is 6.57. The van der Waals surface area contributed by atoms with Crippen LogP contribution in [0.1, 0.15) is 0 Å². The standard InChI is InChI=1S/C54H35NO/c1-2-14-36(15-3-1)41-31-32-48(47(35-41)45-24-12-20-38-17-6-8-21-43(38)45)55(49-25-13-27-52-54(49)46-23-10-11-26-51(46)56-52)50-33-30-39-18-7-9-22-44(39)53(50)42-29-28-37-16-4-5-19-40(37)34-42/h1-35H. The number of benzene rings is 10. The predicted molar refractivity (Wildman–Crippen MR) is 237 cm³/mol. The van der Waals surface area contributed by atoms with E-state index in [4.69, 9.17) is 4.42 Å². The highest BCUT2D eigenvalue weighted by molar-refractivity contribution is 6.16. The van der Waals surface area contributed by atoms with Crippen LogP contribution < -0.4 is 4.90 Å². The van der Waals surface area contributed by atoms with E-state index in [-0.39, 0.29) is 0 Å². The largest absolute Gasteiger partial charge is 0.456 e. The summed E-state index contributed by atoms with van der Waals surface area (Å²) in [6.45, 7) is 0. The molecule has 1 aromatic heterocycles. The molecule has 0 bridgehead atoms. The highest BCUT2D eigenvalue weighted by atomic mass is 16.3. The first-order valence-electron chi connectivity index (χ1n) is 19.2. The van der Waals surface area contributed by atoms with Crippen LogP contribution in [-0.2, 0) is 0 Å². The fourth-order valence-electron chi connectivity index (χ4n) is 8.64. The van der Waals surface area contributed by atoms with Gasteiger partial charge in [-0.2, -0.15) is 0 Å². The Morgan fingerprint density at radius 3 is 1.77 bits per heavy atom. The zero-order valence-corrected chi connectivity index (χ0v) is 30.6. The molecule has 10 aromatic carbocycles. The number of hydrogen-bond donors (Lipinski definition) is 0.